The third-order valence-corrected chi connectivity index (χ3v) is 6.77. The second-order valence-corrected chi connectivity index (χ2v) is 8.73. The summed E-state index contributed by atoms with van der Waals surface area (Å²) < 4.78 is 0. The Kier molecular flexibility index (Phi) is 4.98. The van der Waals surface area contributed by atoms with Crippen molar-refractivity contribution < 1.29 is 14.4 Å². The van der Waals surface area contributed by atoms with Crippen LogP contribution in [-0.4, -0.2) is 35.2 Å². The van der Waals surface area contributed by atoms with Crippen LogP contribution in [0.25, 0.3) is 0 Å². The molecule has 7 heteroatoms. The Morgan fingerprint density at radius 2 is 1.85 bits per heavy atom. The monoisotopic (exact) mass is 375 g/mol. The van der Waals surface area contributed by atoms with E-state index in [1.54, 1.807) is 0 Å². The second kappa shape index (κ2) is 7.39. The molecule has 3 aliphatic rings. The van der Waals surface area contributed by atoms with Crippen molar-refractivity contribution in [2.75, 3.05) is 6.54 Å². The van der Waals surface area contributed by atoms with Crippen LogP contribution in [0, 0.1) is 5.92 Å². The molecule has 1 aliphatic heterocycles. The predicted octanol–water partition coefficient (Wildman–Crippen LogP) is 2.18. The SMILES string of the molecule is O=C(NNC(=O)[C@H]1CC(=O)N(C2CC2)C1)c1cc2c(s1)CCCCCC2. The maximum Gasteiger partial charge on any atom is 0.279 e. The molecule has 1 aromatic heterocycles. The summed E-state index contributed by atoms with van der Waals surface area (Å²) in [7, 11) is 0. The van der Waals surface area contributed by atoms with Gasteiger partial charge in [0.05, 0.1) is 10.8 Å². The van der Waals surface area contributed by atoms with Gasteiger partial charge in [-0.15, -0.1) is 11.3 Å². The number of amides is 3. The third-order valence-electron chi connectivity index (χ3n) is 5.54. The molecule has 26 heavy (non-hydrogen) atoms. The summed E-state index contributed by atoms with van der Waals surface area (Å²) in [5.74, 6) is -0.854. The summed E-state index contributed by atoms with van der Waals surface area (Å²) in [6.45, 7) is 0.471. The molecule has 0 unspecified atom stereocenters. The number of thiophene rings is 1. The van der Waals surface area contributed by atoms with Gasteiger partial charge in [-0.25, -0.2) is 0 Å². The first-order valence-electron chi connectivity index (χ1n) is 9.63. The highest BCUT2D eigenvalue weighted by atomic mass is 32.1. The molecule has 1 atom stereocenters. The van der Waals surface area contributed by atoms with Crippen molar-refractivity contribution in [2.24, 2.45) is 5.92 Å². The number of hydrazine groups is 1. The van der Waals surface area contributed by atoms with E-state index in [1.807, 2.05) is 11.0 Å². The van der Waals surface area contributed by atoms with E-state index >= 15 is 0 Å². The van der Waals surface area contributed by atoms with Crippen molar-refractivity contribution >= 4 is 29.1 Å². The highest BCUT2D eigenvalue weighted by molar-refractivity contribution is 7.14. The van der Waals surface area contributed by atoms with Gasteiger partial charge in [0.15, 0.2) is 0 Å². The van der Waals surface area contributed by atoms with Gasteiger partial charge in [0.25, 0.3) is 5.91 Å². The van der Waals surface area contributed by atoms with Gasteiger partial charge in [0.1, 0.15) is 0 Å². The number of hydrogen-bond donors (Lipinski definition) is 2. The van der Waals surface area contributed by atoms with Gasteiger partial charge in [0, 0.05) is 23.9 Å². The van der Waals surface area contributed by atoms with Gasteiger partial charge >= 0.3 is 0 Å². The molecule has 1 aromatic rings. The van der Waals surface area contributed by atoms with E-state index in [0.717, 1.165) is 25.7 Å². The van der Waals surface area contributed by atoms with Crippen LogP contribution in [0.1, 0.15) is 65.1 Å². The lowest BCUT2D eigenvalue weighted by atomic mass is 10.00. The molecule has 1 saturated carbocycles. The first-order valence-corrected chi connectivity index (χ1v) is 10.4. The number of rotatable bonds is 3. The first kappa shape index (κ1) is 17.5. The van der Waals surface area contributed by atoms with Gasteiger partial charge in [-0.2, -0.15) is 0 Å². The summed E-state index contributed by atoms with van der Waals surface area (Å²) in [4.78, 5) is 40.4. The lowest BCUT2D eigenvalue weighted by Gasteiger charge is -2.15. The molecule has 2 aliphatic carbocycles. The number of nitrogens with one attached hydrogen (secondary N) is 2. The highest BCUT2D eigenvalue weighted by Crippen LogP contribution is 2.32. The van der Waals surface area contributed by atoms with Gasteiger partial charge in [-0.05, 0) is 50.2 Å². The van der Waals surface area contributed by atoms with Crippen LogP contribution < -0.4 is 10.9 Å². The summed E-state index contributed by atoms with van der Waals surface area (Å²) in [6, 6.07) is 2.31. The number of carbonyl (C=O) groups excluding carboxylic acids is 3. The molecule has 2 heterocycles. The summed E-state index contributed by atoms with van der Waals surface area (Å²) >= 11 is 1.54. The maximum atomic E-state index is 12.4. The van der Waals surface area contributed by atoms with E-state index in [-0.39, 0.29) is 30.1 Å². The van der Waals surface area contributed by atoms with Crippen molar-refractivity contribution in [1.29, 1.82) is 0 Å². The maximum absolute atomic E-state index is 12.4. The number of nitrogens with zero attached hydrogens (tertiary/aromatic N) is 1. The van der Waals surface area contributed by atoms with E-state index in [9.17, 15) is 14.4 Å². The summed E-state index contributed by atoms with van der Waals surface area (Å²) in [5.41, 5.74) is 6.34. The number of fused-ring (bicyclic) bond motifs is 1. The van der Waals surface area contributed by atoms with Gasteiger partial charge < -0.3 is 4.90 Å². The minimum atomic E-state index is -0.369. The fraction of sp³-hybridized carbons (Fsp3) is 0.632. The van der Waals surface area contributed by atoms with Crippen LogP contribution in [0.4, 0.5) is 0 Å². The largest absolute Gasteiger partial charge is 0.339 e. The van der Waals surface area contributed by atoms with Crippen LogP contribution in [0.5, 0.6) is 0 Å². The van der Waals surface area contributed by atoms with Crippen molar-refractivity contribution in [3.63, 3.8) is 0 Å². The van der Waals surface area contributed by atoms with Crippen molar-refractivity contribution in [3.05, 3.63) is 21.4 Å². The molecule has 1 saturated heterocycles. The van der Waals surface area contributed by atoms with E-state index in [4.69, 9.17) is 0 Å². The Bertz CT molecular complexity index is 700. The third kappa shape index (κ3) is 3.77. The standard InChI is InChI=1S/C19H25N3O3S/c23-17-10-13(11-22(17)14-7-8-14)18(24)20-21-19(25)16-9-12-5-3-1-2-4-6-15(12)26-16/h9,13-14H,1-8,10-11H2,(H,20,24)(H,21,25)/t13-/m0/s1. The molecule has 2 fully saturated rings. The molecule has 2 N–H and O–H groups in total. The second-order valence-electron chi connectivity index (χ2n) is 7.59. The summed E-state index contributed by atoms with van der Waals surface area (Å²) in [5, 5.41) is 0. The number of aryl methyl sites for hydroxylation is 2. The van der Waals surface area contributed by atoms with Gasteiger partial charge in [0.2, 0.25) is 11.8 Å². The lowest BCUT2D eigenvalue weighted by Crippen LogP contribution is -2.45. The van der Waals surface area contributed by atoms with Crippen LogP contribution in [-0.2, 0) is 22.4 Å². The number of likely N-dealkylation sites (tertiary alicyclic amines) is 1. The lowest BCUT2D eigenvalue weighted by molar-refractivity contribution is -0.129. The predicted molar refractivity (Wildman–Crippen MR) is 98.6 cm³/mol. The topological polar surface area (TPSA) is 78.5 Å². The van der Waals surface area contributed by atoms with Crippen LogP contribution >= 0.6 is 11.3 Å². The van der Waals surface area contributed by atoms with Crippen molar-refractivity contribution in [2.45, 2.75) is 63.8 Å². The van der Waals surface area contributed by atoms with E-state index < -0.39 is 0 Å². The zero-order chi connectivity index (χ0) is 18.1. The fourth-order valence-electron chi connectivity index (χ4n) is 3.88. The van der Waals surface area contributed by atoms with Gasteiger partial charge in [-0.1, -0.05) is 12.8 Å². The van der Waals surface area contributed by atoms with Gasteiger partial charge in [-0.3, -0.25) is 25.2 Å². The Balaban J connectivity index is 1.31. The molecule has 0 radical (unpaired) electrons. The van der Waals surface area contributed by atoms with Crippen LogP contribution in [0.2, 0.25) is 0 Å². The first-order chi connectivity index (χ1) is 12.6. The molecule has 140 valence electrons. The van der Waals surface area contributed by atoms with Crippen molar-refractivity contribution in [3.8, 4) is 0 Å². The number of carbonyl (C=O) groups is 3. The van der Waals surface area contributed by atoms with E-state index in [0.29, 0.717) is 17.5 Å². The molecule has 3 amide bonds. The average Bonchev–Trinajstić information content (AvgIpc) is 3.27. The fourth-order valence-corrected chi connectivity index (χ4v) is 5.03. The Labute approximate surface area is 157 Å². The van der Waals surface area contributed by atoms with Crippen molar-refractivity contribution in [1.82, 2.24) is 15.8 Å². The Morgan fingerprint density at radius 3 is 2.62 bits per heavy atom. The molecular formula is C19H25N3O3S. The smallest absolute Gasteiger partial charge is 0.279 e. The Hall–Kier alpha value is -1.89. The zero-order valence-corrected chi connectivity index (χ0v) is 15.7. The zero-order valence-electron chi connectivity index (χ0n) is 14.9. The van der Waals surface area contributed by atoms with Crippen LogP contribution in [0.15, 0.2) is 6.07 Å². The van der Waals surface area contributed by atoms with Crippen LogP contribution in [0.3, 0.4) is 0 Å². The summed E-state index contributed by atoms with van der Waals surface area (Å²) in [6.07, 6.45) is 9.27. The molecule has 0 aromatic carbocycles. The average molecular weight is 375 g/mol. The molecule has 4 rings (SSSR count). The minimum absolute atomic E-state index is 0.0528. The minimum Gasteiger partial charge on any atom is -0.339 e. The van der Waals surface area contributed by atoms with E-state index in [2.05, 4.69) is 10.9 Å². The normalized spacial score (nSPS) is 23.2. The number of hydrogen-bond acceptors (Lipinski definition) is 4. The molecule has 0 spiro atoms. The quantitative estimate of drug-likeness (QED) is 0.795. The Morgan fingerprint density at radius 1 is 1.08 bits per heavy atom. The van der Waals surface area contributed by atoms with E-state index in [1.165, 1.54) is 47.5 Å². The molecular weight excluding hydrogens is 350 g/mol. The highest BCUT2D eigenvalue weighted by Gasteiger charge is 2.41. The molecule has 0 bridgehead atoms. The molecule has 6 nitrogen and oxygen atoms in total.